The zero-order valence-corrected chi connectivity index (χ0v) is 10.8. The molecule has 0 heterocycles. The molecule has 0 radical (unpaired) electrons. The molecule has 0 aliphatic rings. The summed E-state index contributed by atoms with van der Waals surface area (Å²) in [4.78, 5) is 0. The zero-order valence-electron chi connectivity index (χ0n) is 10.8. The molecule has 0 saturated heterocycles. The summed E-state index contributed by atoms with van der Waals surface area (Å²) >= 11 is 0. The summed E-state index contributed by atoms with van der Waals surface area (Å²) in [6.07, 6.45) is -2.62. The summed E-state index contributed by atoms with van der Waals surface area (Å²) in [5, 5.41) is 0. The zero-order chi connectivity index (χ0) is 14.4. The van der Waals surface area contributed by atoms with E-state index in [1.807, 2.05) is 30.3 Å². The van der Waals surface area contributed by atoms with E-state index in [4.69, 9.17) is 15.2 Å². The van der Waals surface area contributed by atoms with Gasteiger partial charge in [0.05, 0.1) is 5.56 Å². The van der Waals surface area contributed by atoms with Gasteiger partial charge in [0.25, 0.3) is 6.43 Å². The second-order valence-electron chi connectivity index (χ2n) is 4.11. The second kappa shape index (κ2) is 6.75. The van der Waals surface area contributed by atoms with Crippen LogP contribution in [0.4, 0.5) is 14.5 Å². The van der Waals surface area contributed by atoms with Crippen molar-refractivity contribution in [3.8, 4) is 11.5 Å². The van der Waals surface area contributed by atoms with Gasteiger partial charge in [-0.1, -0.05) is 18.2 Å². The second-order valence-corrected chi connectivity index (χ2v) is 4.11. The molecule has 2 rings (SSSR count). The molecule has 0 spiro atoms. The number of alkyl halides is 2. The number of para-hydroxylation sites is 1. The molecule has 2 aromatic rings. The Morgan fingerprint density at radius 3 is 2.35 bits per heavy atom. The van der Waals surface area contributed by atoms with E-state index in [-0.39, 0.29) is 30.2 Å². The summed E-state index contributed by atoms with van der Waals surface area (Å²) in [5.41, 5.74) is 5.56. The van der Waals surface area contributed by atoms with Crippen LogP contribution in [-0.4, -0.2) is 13.2 Å². The Hall–Kier alpha value is -2.30. The first-order valence-electron chi connectivity index (χ1n) is 6.15. The maximum absolute atomic E-state index is 12.8. The lowest BCUT2D eigenvalue weighted by Crippen LogP contribution is -2.10. The predicted molar refractivity (Wildman–Crippen MR) is 73.2 cm³/mol. The van der Waals surface area contributed by atoms with Crippen LogP contribution in [0.3, 0.4) is 0 Å². The van der Waals surface area contributed by atoms with Gasteiger partial charge < -0.3 is 15.2 Å². The van der Waals surface area contributed by atoms with Crippen LogP contribution in [0.5, 0.6) is 11.5 Å². The van der Waals surface area contributed by atoms with Gasteiger partial charge in [-0.15, -0.1) is 0 Å². The van der Waals surface area contributed by atoms with Crippen LogP contribution >= 0.6 is 0 Å². The summed E-state index contributed by atoms with van der Waals surface area (Å²) in [7, 11) is 0. The number of nitrogen functional groups attached to an aromatic ring is 1. The van der Waals surface area contributed by atoms with Gasteiger partial charge in [-0.25, -0.2) is 8.78 Å². The fourth-order valence-electron chi connectivity index (χ4n) is 1.70. The smallest absolute Gasteiger partial charge is 0.267 e. The van der Waals surface area contributed by atoms with Gasteiger partial charge in [0.15, 0.2) is 0 Å². The van der Waals surface area contributed by atoms with Gasteiger partial charge in [-0.05, 0) is 30.3 Å². The highest BCUT2D eigenvalue weighted by Crippen LogP contribution is 2.30. The minimum Gasteiger partial charge on any atom is -0.490 e. The number of hydrogen-bond donors (Lipinski definition) is 1. The van der Waals surface area contributed by atoms with Crippen LogP contribution in [0.15, 0.2) is 48.5 Å². The molecule has 0 aliphatic carbocycles. The summed E-state index contributed by atoms with van der Waals surface area (Å²) in [6.45, 7) is 0.454. The lowest BCUT2D eigenvalue weighted by Gasteiger charge is -2.12. The topological polar surface area (TPSA) is 44.5 Å². The lowest BCUT2D eigenvalue weighted by atomic mass is 10.2. The molecule has 0 aromatic heterocycles. The van der Waals surface area contributed by atoms with Crippen LogP contribution in [-0.2, 0) is 0 Å². The molecule has 0 amide bonds. The number of anilines is 1. The third kappa shape index (κ3) is 3.85. The summed E-state index contributed by atoms with van der Waals surface area (Å²) < 4.78 is 36.4. The Balaban J connectivity index is 1.88. The van der Waals surface area contributed by atoms with Crippen LogP contribution < -0.4 is 15.2 Å². The van der Waals surface area contributed by atoms with Gasteiger partial charge in [0.2, 0.25) is 0 Å². The van der Waals surface area contributed by atoms with E-state index in [0.29, 0.717) is 5.75 Å². The van der Waals surface area contributed by atoms with Crippen molar-refractivity contribution >= 4 is 5.69 Å². The Kier molecular flexibility index (Phi) is 4.76. The number of hydrogen-bond acceptors (Lipinski definition) is 3. The highest BCUT2D eigenvalue weighted by molar-refractivity contribution is 5.48. The number of rotatable bonds is 6. The summed E-state index contributed by atoms with van der Waals surface area (Å²) in [6, 6.07) is 13.4. The molecule has 0 unspecified atom stereocenters. The average molecular weight is 279 g/mol. The van der Waals surface area contributed by atoms with Crippen molar-refractivity contribution < 1.29 is 18.3 Å². The van der Waals surface area contributed by atoms with Crippen LogP contribution in [0.1, 0.15) is 12.0 Å². The van der Waals surface area contributed by atoms with Crippen molar-refractivity contribution in [2.45, 2.75) is 6.43 Å². The molecule has 20 heavy (non-hydrogen) atoms. The number of benzene rings is 2. The SMILES string of the molecule is Nc1ccc(OCCOc2ccccc2)c(C(F)F)c1. The molecule has 2 aromatic carbocycles. The van der Waals surface area contributed by atoms with E-state index in [9.17, 15) is 8.78 Å². The Morgan fingerprint density at radius 2 is 1.65 bits per heavy atom. The van der Waals surface area contributed by atoms with Crippen LogP contribution in [0, 0.1) is 0 Å². The van der Waals surface area contributed by atoms with Crippen LogP contribution in [0.25, 0.3) is 0 Å². The number of ether oxygens (including phenoxy) is 2. The molecule has 2 N–H and O–H groups in total. The van der Waals surface area contributed by atoms with Gasteiger partial charge in [-0.3, -0.25) is 0 Å². The third-order valence-electron chi connectivity index (χ3n) is 2.62. The van der Waals surface area contributed by atoms with E-state index in [2.05, 4.69) is 0 Å². The van der Waals surface area contributed by atoms with E-state index in [0.717, 1.165) is 0 Å². The molecule has 0 bridgehead atoms. The van der Waals surface area contributed by atoms with E-state index in [1.165, 1.54) is 18.2 Å². The monoisotopic (exact) mass is 279 g/mol. The molecule has 106 valence electrons. The van der Waals surface area contributed by atoms with Crippen LogP contribution in [0.2, 0.25) is 0 Å². The van der Waals surface area contributed by atoms with Crippen molar-refractivity contribution in [2.24, 2.45) is 0 Å². The highest BCUT2D eigenvalue weighted by atomic mass is 19.3. The van der Waals surface area contributed by atoms with Crippen molar-refractivity contribution in [3.63, 3.8) is 0 Å². The van der Waals surface area contributed by atoms with E-state index < -0.39 is 6.43 Å². The normalized spacial score (nSPS) is 10.6. The fourth-order valence-corrected chi connectivity index (χ4v) is 1.70. The molecular formula is C15H15F2NO2. The largest absolute Gasteiger partial charge is 0.490 e. The molecule has 0 fully saturated rings. The molecule has 0 saturated carbocycles. The molecule has 5 heteroatoms. The maximum Gasteiger partial charge on any atom is 0.267 e. The minimum atomic E-state index is -2.62. The Bertz CT molecular complexity index is 547. The number of halogens is 2. The van der Waals surface area contributed by atoms with Crippen molar-refractivity contribution in [1.29, 1.82) is 0 Å². The average Bonchev–Trinajstić information content (AvgIpc) is 2.45. The molecular weight excluding hydrogens is 264 g/mol. The number of nitrogens with two attached hydrogens (primary N) is 1. The van der Waals surface area contributed by atoms with Gasteiger partial charge >= 0.3 is 0 Å². The Labute approximate surface area is 115 Å². The van der Waals surface area contributed by atoms with Gasteiger partial charge in [-0.2, -0.15) is 0 Å². The molecule has 0 aliphatic heterocycles. The summed E-state index contributed by atoms with van der Waals surface area (Å²) in [5.74, 6) is 0.841. The first-order valence-corrected chi connectivity index (χ1v) is 6.15. The van der Waals surface area contributed by atoms with Crippen molar-refractivity contribution in [2.75, 3.05) is 18.9 Å². The van der Waals surface area contributed by atoms with E-state index >= 15 is 0 Å². The van der Waals surface area contributed by atoms with E-state index in [1.54, 1.807) is 0 Å². The minimum absolute atomic E-state index is 0.130. The van der Waals surface area contributed by atoms with Crippen molar-refractivity contribution in [1.82, 2.24) is 0 Å². The predicted octanol–water partition coefficient (Wildman–Crippen LogP) is 3.66. The standard InChI is InChI=1S/C15H15F2NO2/c16-15(17)13-10-11(18)6-7-14(13)20-9-8-19-12-4-2-1-3-5-12/h1-7,10,15H,8-9,18H2. The van der Waals surface area contributed by atoms with Crippen molar-refractivity contribution in [3.05, 3.63) is 54.1 Å². The Morgan fingerprint density at radius 1 is 0.950 bits per heavy atom. The van der Waals surface area contributed by atoms with Gasteiger partial charge in [0.1, 0.15) is 24.7 Å². The van der Waals surface area contributed by atoms with Gasteiger partial charge in [0, 0.05) is 5.69 Å². The highest BCUT2D eigenvalue weighted by Gasteiger charge is 2.14. The third-order valence-corrected chi connectivity index (χ3v) is 2.62. The first-order chi connectivity index (χ1) is 9.66. The molecule has 3 nitrogen and oxygen atoms in total. The quantitative estimate of drug-likeness (QED) is 0.648. The maximum atomic E-state index is 12.8. The molecule has 0 atom stereocenters. The fraction of sp³-hybridized carbons (Fsp3) is 0.200. The first kappa shape index (κ1) is 14.1. The lowest BCUT2D eigenvalue weighted by molar-refractivity contribution is 0.142.